The molecule has 1 aliphatic rings. The van der Waals surface area contributed by atoms with E-state index in [2.05, 4.69) is 26.9 Å². The van der Waals surface area contributed by atoms with E-state index in [1.54, 1.807) is 0 Å². The fourth-order valence-electron chi connectivity index (χ4n) is 2.19. The molecule has 88 valence electrons. The van der Waals surface area contributed by atoms with Gasteiger partial charge in [0.1, 0.15) is 0 Å². The number of hydrogen-bond acceptors (Lipinski definition) is 3. The van der Waals surface area contributed by atoms with Crippen LogP contribution in [0, 0.1) is 0 Å². The lowest BCUT2D eigenvalue weighted by Crippen LogP contribution is -2.52. The molecule has 2 rings (SSSR count). The van der Waals surface area contributed by atoms with Gasteiger partial charge in [-0.1, -0.05) is 12.1 Å². The highest BCUT2D eigenvalue weighted by Crippen LogP contribution is 2.30. The van der Waals surface area contributed by atoms with Gasteiger partial charge in [-0.3, -0.25) is 0 Å². The fourth-order valence-corrected chi connectivity index (χ4v) is 2.73. The number of nitrogens with zero attached hydrogens (tertiary/aromatic N) is 1. The molecular weight excluding hydrogens is 268 g/mol. The smallest absolute Gasteiger partial charge is 0.0943 e. The van der Waals surface area contributed by atoms with E-state index in [0.717, 1.165) is 29.5 Å². The molecule has 0 aromatic heterocycles. The van der Waals surface area contributed by atoms with Crippen LogP contribution in [0.5, 0.6) is 0 Å². The van der Waals surface area contributed by atoms with Crippen molar-refractivity contribution in [1.82, 2.24) is 0 Å². The molecule has 0 aliphatic carbocycles. The average Bonchev–Trinajstić information content (AvgIpc) is 2.30. The first kappa shape index (κ1) is 11.9. The highest BCUT2D eigenvalue weighted by Gasteiger charge is 2.32. The summed E-state index contributed by atoms with van der Waals surface area (Å²) in [6, 6.07) is 8.08. The van der Waals surface area contributed by atoms with Gasteiger partial charge in [0.2, 0.25) is 0 Å². The van der Waals surface area contributed by atoms with Gasteiger partial charge in [-0.25, -0.2) is 0 Å². The highest BCUT2D eigenvalue weighted by molar-refractivity contribution is 9.10. The van der Waals surface area contributed by atoms with Crippen molar-refractivity contribution in [2.75, 3.05) is 24.5 Å². The Morgan fingerprint density at radius 2 is 2.19 bits per heavy atom. The van der Waals surface area contributed by atoms with Crippen molar-refractivity contribution in [3.8, 4) is 0 Å². The van der Waals surface area contributed by atoms with Crippen molar-refractivity contribution in [3.63, 3.8) is 0 Å². The average molecular weight is 285 g/mol. The number of anilines is 1. The van der Waals surface area contributed by atoms with Gasteiger partial charge >= 0.3 is 0 Å². The maximum Gasteiger partial charge on any atom is 0.0943 e. The Labute approximate surface area is 104 Å². The molecule has 1 atom stereocenters. The van der Waals surface area contributed by atoms with Crippen LogP contribution in [0.15, 0.2) is 28.7 Å². The lowest BCUT2D eigenvalue weighted by atomic mass is 9.93. The third-order valence-electron chi connectivity index (χ3n) is 3.13. The summed E-state index contributed by atoms with van der Waals surface area (Å²) in [5.41, 5.74) is 6.03. The summed E-state index contributed by atoms with van der Waals surface area (Å²) in [6.45, 7) is 1.92. The number of hydrogen-bond donors (Lipinski definition) is 2. The van der Waals surface area contributed by atoms with Crippen LogP contribution in [-0.4, -0.2) is 30.3 Å². The standard InChI is InChI=1S/C12H17BrN2O/c13-10-4-1-2-5-11(10)15-7-3-6-12(16,8-14)9-15/h1-2,4-5,16H,3,6-9,14H2. The van der Waals surface area contributed by atoms with E-state index < -0.39 is 5.60 Å². The molecule has 1 aliphatic heterocycles. The van der Waals surface area contributed by atoms with Gasteiger partial charge in [0.05, 0.1) is 11.3 Å². The van der Waals surface area contributed by atoms with E-state index >= 15 is 0 Å². The van der Waals surface area contributed by atoms with E-state index in [-0.39, 0.29) is 0 Å². The third kappa shape index (κ3) is 2.39. The maximum absolute atomic E-state index is 10.2. The molecule has 3 nitrogen and oxygen atoms in total. The number of halogens is 1. The number of β-amino-alcohol motifs (C(OH)–C–C–N with tert-alkyl or cyclic N) is 1. The van der Waals surface area contributed by atoms with E-state index in [9.17, 15) is 5.11 Å². The molecule has 0 bridgehead atoms. The SMILES string of the molecule is NCC1(O)CCCN(c2ccccc2Br)C1. The van der Waals surface area contributed by atoms with Crippen LogP contribution < -0.4 is 10.6 Å². The molecule has 1 aromatic carbocycles. The summed E-state index contributed by atoms with van der Waals surface area (Å²) in [7, 11) is 0. The van der Waals surface area contributed by atoms with Crippen molar-refractivity contribution >= 4 is 21.6 Å². The van der Waals surface area contributed by atoms with Gasteiger partial charge in [-0.2, -0.15) is 0 Å². The van der Waals surface area contributed by atoms with Crippen molar-refractivity contribution < 1.29 is 5.11 Å². The van der Waals surface area contributed by atoms with Gasteiger partial charge in [0, 0.05) is 24.1 Å². The molecule has 0 radical (unpaired) electrons. The normalized spacial score (nSPS) is 25.8. The molecule has 1 fully saturated rings. The molecular formula is C12H17BrN2O. The minimum absolute atomic E-state index is 0.327. The first-order valence-electron chi connectivity index (χ1n) is 5.56. The van der Waals surface area contributed by atoms with Crippen LogP contribution in [-0.2, 0) is 0 Å². The largest absolute Gasteiger partial charge is 0.387 e. The number of benzene rings is 1. The van der Waals surface area contributed by atoms with Crippen LogP contribution in [0.4, 0.5) is 5.69 Å². The molecule has 1 heterocycles. The van der Waals surface area contributed by atoms with Crippen molar-refractivity contribution in [1.29, 1.82) is 0 Å². The molecule has 16 heavy (non-hydrogen) atoms. The second-order valence-electron chi connectivity index (χ2n) is 4.40. The second-order valence-corrected chi connectivity index (χ2v) is 5.26. The van der Waals surface area contributed by atoms with Gasteiger partial charge in [-0.15, -0.1) is 0 Å². The lowest BCUT2D eigenvalue weighted by molar-refractivity contribution is 0.0347. The maximum atomic E-state index is 10.2. The van der Waals surface area contributed by atoms with E-state index in [4.69, 9.17) is 5.73 Å². The zero-order valence-electron chi connectivity index (χ0n) is 9.19. The topological polar surface area (TPSA) is 49.5 Å². The molecule has 0 amide bonds. The molecule has 4 heteroatoms. The van der Waals surface area contributed by atoms with Crippen LogP contribution >= 0.6 is 15.9 Å². The van der Waals surface area contributed by atoms with Crippen LogP contribution in [0.2, 0.25) is 0 Å². The van der Waals surface area contributed by atoms with Gasteiger partial charge in [0.25, 0.3) is 0 Å². The summed E-state index contributed by atoms with van der Waals surface area (Å²) >= 11 is 3.54. The van der Waals surface area contributed by atoms with Crippen LogP contribution in [0.1, 0.15) is 12.8 Å². The quantitative estimate of drug-likeness (QED) is 0.870. The predicted molar refractivity (Wildman–Crippen MR) is 69.6 cm³/mol. The van der Waals surface area contributed by atoms with Crippen LogP contribution in [0.3, 0.4) is 0 Å². The Morgan fingerprint density at radius 1 is 1.44 bits per heavy atom. The Morgan fingerprint density at radius 3 is 2.88 bits per heavy atom. The van der Waals surface area contributed by atoms with Gasteiger partial charge in [0.15, 0.2) is 0 Å². The molecule has 0 spiro atoms. The summed E-state index contributed by atoms with van der Waals surface area (Å²) in [5, 5.41) is 10.2. The minimum atomic E-state index is -0.729. The van der Waals surface area contributed by atoms with E-state index in [0.29, 0.717) is 13.1 Å². The Balaban J connectivity index is 2.19. The van der Waals surface area contributed by atoms with E-state index in [1.165, 1.54) is 0 Å². The zero-order chi connectivity index (χ0) is 11.6. The molecule has 3 N–H and O–H groups in total. The fraction of sp³-hybridized carbons (Fsp3) is 0.500. The van der Waals surface area contributed by atoms with Crippen molar-refractivity contribution in [3.05, 3.63) is 28.7 Å². The molecule has 0 saturated carbocycles. The number of para-hydroxylation sites is 1. The first-order valence-corrected chi connectivity index (χ1v) is 6.36. The monoisotopic (exact) mass is 284 g/mol. The van der Waals surface area contributed by atoms with Crippen molar-refractivity contribution in [2.24, 2.45) is 5.73 Å². The Bertz CT molecular complexity index is 372. The number of rotatable bonds is 2. The minimum Gasteiger partial charge on any atom is -0.387 e. The third-order valence-corrected chi connectivity index (χ3v) is 3.80. The van der Waals surface area contributed by atoms with Crippen LogP contribution in [0.25, 0.3) is 0 Å². The Kier molecular flexibility index (Phi) is 3.52. The van der Waals surface area contributed by atoms with Gasteiger partial charge in [-0.05, 0) is 40.9 Å². The molecule has 1 aromatic rings. The number of piperidine rings is 1. The molecule has 1 unspecified atom stereocenters. The summed E-state index contributed by atoms with van der Waals surface area (Å²) in [5.74, 6) is 0. The predicted octanol–water partition coefficient (Wildman–Crippen LogP) is 1.74. The highest BCUT2D eigenvalue weighted by atomic mass is 79.9. The molecule has 1 saturated heterocycles. The summed E-state index contributed by atoms with van der Waals surface area (Å²) < 4.78 is 1.07. The van der Waals surface area contributed by atoms with Gasteiger partial charge < -0.3 is 15.7 Å². The Hall–Kier alpha value is -0.580. The zero-order valence-corrected chi connectivity index (χ0v) is 10.8. The first-order chi connectivity index (χ1) is 7.64. The second kappa shape index (κ2) is 4.73. The van der Waals surface area contributed by atoms with E-state index in [1.807, 2.05) is 18.2 Å². The van der Waals surface area contributed by atoms with Crippen molar-refractivity contribution in [2.45, 2.75) is 18.4 Å². The number of aliphatic hydroxyl groups is 1. The lowest BCUT2D eigenvalue weighted by Gasteiger charge is -2.40. The number of nitrogens with two attached hydrogens (primary N) is 1. The summed E-state index contributed by atoms with van der Waals surface area (Å²) in [6.07, 6.45) is 1.78. The summed E-state index contributed by atoms with van der Waals surface area (Å²) in [4.78, 5) is 2.19.